The molecule has 0 bridgehead atoms. The predicted octanol–water partition coefficient (Wildman–Crippen LogP) is 4.49. The van der Waals surface area contributed by atoms with Crippen LogP contribution < -0.4 is 14.8 Å². The molecule has 1 amide bonds. The van der Waals surface area contributed by atoms with Gasteiger partial charge in [0.25, 0.3) is 0 Å². The lowest BCUT2D eigenvalue weighted by Crippen LogP contribution is -2.30. The van der Waals surface area contributed by atoms with Crippen LogP contribution in [0.1, 0.15) is 26.3 Å². The van der Waals surface area contributed by atoms with E-state index < -0.39 is 15.3 Å². The minimum atomic E-state index is -3.66. The van der Waals surface area contributed by atoms with Crippen molar-refractivity contribution < 1.29 is 22.7 Å². The monoisotopic (exact) mass is 593 g/mol. The summed E-state index contributed by atoms with van der Waals surface area (Å²) in [6.07, 6.45) is 0. The SMILES string of the molecule is CCN(CC)S(=O)(=O)c1cccc(-c2nnc(SC(C)C(=O)NCc3ccc4c(c3)OCO4)n2-c2ccccc2)c1. The van der Waals surface area contributed by atoms with Crippen molar-refractivity contribution in [3.63, 3.8) is 0 Å². The van der Waals surface area contributed by atoms with E-state index in [-0.39, 0.29) is 17.6 Å². The molecule has 0 saturated heterocycles. The number of nitrogens with one attached hydrogen (secondary N) is 1. The Morgan fingerprint density at radius 3 is 2.51 bits per heavy atom. The van der Waals surface area contributed by atoms with Gasteiger partial charge < -0.3 is 14.8 Å². The van der Waals surface area contributed by atoms with E-state index in [0.29, 0.717) is 47.7 Å². The molecule has 0 spiro atoms. The van der Waals surface area contributed by atoms with E-state index >= 15 is 0 Å². The molecule has 0 saturated carbocycles. The zero-order valence-electron chi connectivity index (χ0n) is 23.0. The molecule has 214 valence electrons. The fraction of sp³-hybridized carbons (Fsp3) is 0.276. The van der Waals surface area contributed by atoms with Crippen LogP contribution in [0.5, 0.6) is 11.5 Å². The van der Waals surface area contributed by atoms with Crippen LogP contribution in [-0.4, -0.2) is 58.5 Å². The minimum absolute atomic E-state index is 0.163. The standard InChI is InChI=1S/C29H31N5O5S2/c1-4-33(5-2)41(36,37)24-13-9-10-22(17-24)27-31-32-29(34(27)23-11-7-6-8-12-23)40-20(3)28(35)30-18-21-14-15-25-26(16-21)39-19-38-25/h6-17,20H,4-5,18-19H2,1-3H3,(H,30,35). The van der Waals surface area contributed by atoms with Gasteiger partial charge in [-0.1, -0.05) is 62.0 Å². The normalized spacial score (nSPS) is 13.4. The highest BCUT2D eigenvalue weighted by Gasteiger charge is 2.25. The number of para-hydroxylation sites is 1. The number of aromatic nitrogens is 3. The van der Waals surface area contributed by atoms with Crippen LogP contribution in [-0.2, 0) is 21.4 Å². The van der Waals surface area contributed by atoms with Crippen molar-refractivity contribution in [1.29, 1.82) is 0 Å². The van der Waals surface area contributed by atoms with Crippen molar-refractivity contribution in [1.82, 2.24) is 24.4 Å². The van der Waals surface area contributed by atoms with Gasteiger partial charge in [-0.3, -0.25) is 9.36 Å². The number of nitrogens with zero attached hydrogens (tertiary/aromatic N) is 4. The summed E-state index contributed by atoms with van der Waals surface area (Å²) in [6, 6.07) is 21.8. The quantitative estimate of drug-likeness (QED) is 0.253. The number of fused-ring (bicyclic) bond motifs is 1. The van der Waals surface area contributed by atoms with E-state index in [2.05, 4.69) is 15.5 Å². The first-order chi connectivity index (χ1) is 19.8. The van der Waals surface area contributed by atoms with Gasteiger partial charge in [-0.2, -0.15) is 4.31 Å². The van der Waals surface area contributed by atoms with Gasteiger partial charge in [0.05, 0.1) is 10.1 Å². The zero-order valence-corrected chi connectivity index (χ0v) is 24.6. The lowest BCUT2D eigenvalue weighted by molar-refractivity contribution is -0.120. The lowest BCUT2D eigenvalue weighted by atomic mass is 10.2. The number of amides is 1. The van der Waals surface area contributed by atoms with Gasteiger partial charge in [-0.05, 0) is 48.9 Å². The molecule has 41 heavy (non-hydrogen) atoms. The molecule has 5 rings (SSSR count). The molecule has 1 aromatic heterocycles. The molecule has 1 N–H and O–H groups in total. The van der Waals surface area contributed by atoms with Crippen LogP contribution >= 0.6 is 11.8 Å². The molecule has 4 aromatic rings. The molecule has 3 aromatic carbocycles. The second-order valence-corrected chi connectivity index (χ2v) is 12.5. The maximum atomic E-state index is 13.2. The van der Waals surface area contributed by atoms with Crippen molar-refractivity contribution in [2.45, 2.75) is 42.6 Å². The molecule has 10 nitrogen and oxygen atoms in total. The van der Waals surface area contributed by atoms with Crippen LogP contribution in [0.25, 0.3) is 17.1 Å². The Morgan fingerprint density at radius 2 is 1.76 bits per heavy atom. The molecule has 1 unspecified atom stereocenters. The fourth-order valence-corrected chi connectivity index (χ4v) is 6.84. The first kappa shape index (κ1) is 28.7. The molecule has 0 radical (unpaired) electrons. The molecule has 2 heterocycles. The van der Waals surface area contributed by atoms with Crippen molar-refractivity contribution in [3.8, 4) is 28.6 Å². The number of hydrogen-bond acceptors (Lipinski definition) is 8. The van der Waals surface area contributed by atoms with E-state index in [9.17, 15) is 13.2 Å². The summed E-state index contributed by atoms with van der Waals surface area (Å²) in [5.74, 6) is 1.67. The van der Waals surface area contributed by atoms with E-state index in [1.165, 1.54) is 16.1 Å². The summed E-state index contributed by atoms with van der Waals surface area (Å²) in [6.45, 7) is 6.71. The Morgan fingerprint density at radius 1 is 1.00 bits per heavy atom. The van der Waals surface area contributed by atoms with Crippen molar-refractivity contribution in [3.05, 3.63) is 78.4 Å². The molecular weight excluding hydrogens is 562 g/mol. The Kier molecular flexibility index (Phi) is 8.62. The van der Waals surface area contributed by atoms with Gasteiger partial charge in [0.1, 0.15) is 0 Å². The third kappa shape index (κ3) is 6.09. The highest BCUT2D eigenvalue weighted by molar-refractivity contribution is 8.00. The summed E-state index contributed by atoms with van der Waals surface area (Å²) in [5.41, 5.74) is 2.29. The molecule has 12 heteroatoms. The van der Waals surface area contributed by atoms with Crippen LogP contribution in [0.3, 0.4) is 0 Å². The number of hydrogen-bond donors (Lipinski definition) is 1. The number of sulfonamides is 1. The van der Waals surface area contributed by atoms with E-state index in [1.54, 1.807) is 31.2 Å². The summed E-state index contributed by atoms with van der Waals surface area (Å²) < 4.78 is 40.4. The van der Waals surface area contributed by atoms with Crippen molar-refractivity contribution >= 4 is 27.7 Å². The van der Waals surface area contributed by atoms with Crippen LogP contribution in [0, 0.1) is 0 Å². The molecule has 1 aliphatic heterocycles. The summed E-state index contributed by atoms with van der Waals surface area (Å²) >= 11 is 1.27. The van der Waals surface area contributed by atoms with Crippen LogP contribution in [0.4, 0.5) is 0 Å². The Bertz CT molecular complexity index is 1640. The summed E-state index contributed by atoms with van der Waals surface area (Å²) in [4.78, 5) is 13.2. The van der Waals surface area contributed by atoms with Crippen molar-refractivity contribution in [2.75, 3.05) is 19.9 Å². The average Bonchev–Trinajstić information content (AvgIpc) is 3.63. The number of carbonyl (C=O) groups excluding carboxylic acids is 1. The van der Waals surface area contributed by atoms with E-state index in [0.717, 1.165) is 11.3 Å². The van der Waals surface area contributed by atoms with Gasteiger partial charge >= 0.3 is 0 Å². The predicted molar refractivity (Wildman–Crippen MR) is 157 cm³/mol. The minimum Gasteiger partial charge on any atom is -0.454 e. The van der Waals surface area contributed by atoms with E-state index in [1.807, 2.05) is 66.9 Å². The Hall–Kier alpha value is -3.87. The summed E-state index contributed by atoms with van der Waals surface area (Å²) in [7, 11) is -3.66. The number of rotatable bonds is 11. The van der Waals surface area contributed by atoms with Gasteiger partial charge in [0.15, 0.2) is 22.5 Å². The third-order valence-corrected chi connectivity index (χ3v) is 9.73. The maximum absolute atomic E-state index is 13.2. The Labute approximate surface area is 243 Å². The largest absolute Gasteiger partial charge is 0.454 e. The Balaban J connectivity index is 1.40. The number of carbonyl (C=O) groups is 1. The fourth-order valence-electron chi connectivity index (χ4n) is 4.45. The zero-order chi connectivity index (χ0) is 29.0. The van der Waals surface area contributed by atoms with Gasteiger partial charge in [0.2, 0.25) is 22.7 Å². The maximum Gasteiger partial charge on any atom is 0.243 e. The molecule has 1 atom stereocenters. The van der Waals surface area contributed by atoms with Crippen molar-refractivity contribution in [2.24, 2.45) is 0 Å². The smallest absolute Gasteiger partial charge is 0.243 e. The van der Waals surface area contributed by atoms with E-state index in [4.69, 9.17) is 9.47 Å². The van der Waals surface area contributed by atoms with Crippen LogP contribution in [0.15, 0.2) is 82.8 Å². The second-order valence-electron chi connectivity index (χ2n) is 9.26. The number of benzene rings is 3. The molecule has 0 aliphatic carbocycles. The van der Waals surface area contributed by atoms with Gasteiger partial charge in [-0.25, -0.2) is 8.42 Å². The number of thioether (sulfide) groups is 1. The second kappa shape index (κ2) is 12.3. The molecular formula is C29H31N5O5S2. The first-order valence-electron chi connectivity index (χ1n) is 13.3. The third-order valence-electron chi connectivity index (χ3n) is 6.64. The van der Waals surface area contributed by atoms with Crippen LogP contribution in [0.2, 0.25) is 0 Å². The highest BCUT2D eigenvalue weighted by Crippen LogP contribution is 2.33. The average molecular weight is 594 g/mol. The first-order valence-corrected chi connectivity index (χ1v) is 15.6. The van der Waals surface area contributed by atoms with Gasteiger partial charge in [0, 0.05) is 30.9 Å². The number of ether oxygens (including phenoxy) is 2. The highest BCUT2D eigenvalue weighted by atomic mass is 32.2. The topological polar surface area (TPSA) is 116 Å². The molecule has 0 fully saturated rings. The molecule has 1 aliphatic rings. The summed E-state index contributed by atoms with van der Waals surface area (Å²) in [5, 5.41) is 11.8. The lowest BCUT2D eigenvalue weighted by Gasteiger charge is -2.19. The van der Waals surface area contributed by atoms with Gasteiger partial charge in [-0.15, -0.1) is 10.2 Å².